The summed E-state index contributed by atoms with van der Waals surface area (Å²) in [6.07, 6.45) is 9.52. The smallest absolute Gasteiger partial charge is 0.188 e. The van der Waals surface area contributed by atoms with Crippen LogP contribution in [0.4, 0.5) is 0 Å². The van der Waals surface area contributed by atoms with Gasteiger partial charge in [0.25, 0.3) is 0 Å². The lowest BCUT2D eigenvalue weighted by molar-refractivity contribution is 0.354. The van der Waals surface area contributed by atoms with E-state index in [4.69, 9.17) is 15.2 Å². The number of nitrogens with zero attached hydrogens (tertiary/aromatic N) is 1. The molecule has 142 valence electrons. The number of methoxy groups -OCH3 is 2. The number of nitrogens with one attached hydrogen (secondary N) is 1. The van der Waals surface area contributed by atoms with Gasteiger partial charge in [-0.1, -0.05) is 44.6 Å². The van der Waals surface area contributed by atoms with Crippen molar-refractivity contribution in [1.29, 1.82) is 0 Å². The van der Waals surface area contributed by atoms with Gasteiger partial charge in [0.1, 0.15) is 0 Å². The molecule has 0 atom stereocenters. The van der Waals surface area contributed by atoms with Crippen LogP contribution in [0.15, 0.2) is 23.2 Å². The van der Waals surface area contributed by atoms with Crippen molar-refractivity contribution in [3.63, 3.8) is 0 Å². The first-order valence-corrected chi connectivity index (χ1v) is 8.97. The third-order valence-corrected chi connectivity index (χ3v) is 4.70. The van der Waals surface area contributed by atoms with E-state index < -0.39 is 0 Å². The first kappa shape index (κ1) is 21.9. The summed E-state index contributed by atoms with van der Waals surface area (Å²) in [5, 5.41) is 3.20. The number of nitrogens with two attached hydrogens (primary N) is 1. The summed E-state index contributed by atoms with van der Waals surface area (Å²) in [5.41, 5.74) is 6.98. The van der Waals surface area contributed by atoms with Gasteiger partial charge >= 0.3 is 0 Å². The predicted molar refractivity (Wildman–Crippen MR) is 114 cm³/mol. The van der Waals surface area contributed by atoms with E-state index in [1.807, 2.05) is 18.2 Å². The van der Waals surface area contributed by atoms with Crippen LogP contribution >= 0.6 is 24.0 Å². The number of benzene rings is 1. The molecular formula is C19H32IN3O2. The molecule has 3 N–H and O–H groups in total. The second-order valence-corrected chi connectivity index (χ2v) is 6.46. The van der Waals surface area contributed by atoms with Gasteiger partial charge in [0, 0.05) is 6.54 Å². The third kappa shape index (κ3) is 7.71. The number of ether oxygens (including phenoxy) is 2. The van der Waals surface area contributed by atoms with E-state index in [0.717, 1.165) is 30.2 Å². The van der Waals surface area contributed by atoms with Gasteiger partial charge in [-0.2, -0.15) is 0 Å². The number of halogens is 1. The zero-order valence-corrected chi connectivity index (χ0v) is 17.8. The fourth-order valence-electron chi connectivity index (χ4n) is 3.28. The van der Waals surface area contributed by atoms with Crippen LogP contribution in [-0.2, 0) is 6.54 Å². The SMILES string of the molecule is COc1ccc(CN=C(N)NCCCCC2CCCC2)cc1OC.I. The second-order valence-electron chi connectivity index (χ2n) is 6.46. The number of hydrogen-bond donors (Lipinski definition) is 2. The van der Waals surface area contributed by atoms with Crippen LogP contribution in [0.25, 0.3) is 0 Å². The fraction of sp³-hybridized carbons (Fsp3) is 0.632. The minimum absolute atomic E-state index is 0. The molecular weight excluding hydrogens is 429 g/mol. The van der Waals surface area contributed by atoms with Gasteiger partial charge in [-0.05, 0) is 30.0 Å². The lowest BCUT2D eigenvalue weighted by atomic mass is 10.0. The number of hydrogen-bond acceptors (Lipinski definition) is 3. The van der Waals surface area contributed by atoms with Crippen molar-refractivity contribution in [2.45, 2.75) is 51.5 Å². The molecule has 0 aromatic heterocycles. The Morgan fingerprint density at radius 3 is 2.56 bits per heavy atom. The van der Waals surface area contributed by atoms with Crippen LogP contribution in [0, 0.1) is 5.92 Å². The molecule has 0 radical (unpaired) electrons. The highest BCUT2D eigenvalue weighted by molar-refractivity contribution is 14.0. The van der Waals surface area contributed by atoms with E-state index in [1.54, 1.807) is 14.2 Å². The van der Waals surface area contributed by atoms with Crippen molar-refractivity contribution in [2.75, 3.05) is 20.8 Å². The number of guanidine groups is 1. The van der Waals surface area contributed by atoms with Crippen LogP contribution in [0.3, 0.4) is 0 Å². The number of rotatable bonds is 9. The van der Waals surface area contributed by atoms with E-state index in [-0.39, 0.29) is 24.0 Å². The molecule has 0 saturated heterocycles. The summed E-state index contributed by atoms with van der Waals surface area (Å²) in [7, 11) is 3.26. The van der Waals surface area contributed by atoms with Crippen molar-refractivity contribution in [1.82, 2.24) is 5.32 Å². The molecule has 0 aliphatic heterocycles. The molecule has 2 rings (SSSR count). The maximum Gasteiger partial charge on any atom is 0.188 e. The monoisotopic (exact) mass is 461 g/mol. The van der Waals surface area contributed by atoms with Gasteiger partial charge in [-0.25, -0.2) is 4.99 Å². The molecule has 0 heterocycles. The Labute approximate surface area is 168 Å². The molecule has 1 aromatic carbocycles. The van der Waals surface area contributed by atoms with E-state index in [1.165, 1.54) is 38.5 Å². The molecule has 5 nitrogen and oxygen atoms in total. The van der Waals surface area contributed by atoms with E-state index in [2.05, 4.69) is 10.3 Å². The molecule has 6 heteroatoms. The average molecular weight is 461 g/mol. The Kier molecular flexibility index (Phi) is 10.7. The van der Waals surface area contributed by atoms with Gasteiger partial charge in [-0.15, -0.1) is 24.0 Å². The standard InChI is InChI=1S/C19H31N3O2.HI/c1-23-17-11-10-16(13-18(17)24-2)14-22-19(20)21-12-6-5-9-15-7-3-4-8-15;/h10-11,13,15H,3-9,12,14H2,1-2H3,(H3,20,21,22);1H. The maximum absolute atomic E-state index is 5.94. The average Bonchev–Trinajstić information content (AvgIpc) is 3.12. The van der Waals surface area contributed by atoms with Crippen molar-refractivity contribution < 1.29 is 9.47 Å². The molecule has 25 heavy (non-hydrogen) atoms. The third-order valence-electron chi connectivity index (χ3n) is 4.70. The van der Waals surface area contributed by atoms with Gasteiger partial charge in [0.05, 0.1) is 20.8 Å². The second kappa shape index (κ2) is 12.2. The van der Waals surface area contributed by atoms with Crippen LogP contribution in [0.5, 0.6) is 11.5 Å². The highest BCUT2D eigenvalue weighted by Crippen LogP contribution is 2.29. The Hall–Kier alpha value is -1.18. The molecule has 1 aromatic rings. The number of unbranched alkanes of at least 4 members (excludes halogenated alkanes) is 1. The highest BCUT2D eigenvalue weighted by atomic mass is 127. The Morgan fingerprint density at radius 1 is 1.16 bits per heavy atom. The molecule has 0 spiro atoms. The largest absolute Gasteiger partial charge is 0.493 e. The summed E-state index contributed by atoms with van der Waals surface area (Å²) in [6.45, 7) is 1.43. The molecule has 1 fully saturated rings. The van der Waals surface area contributed by atoms with Gasteiger partial charge in [0.15, 0.2) is 17.5 Å². The Balaban J connectivity index is 0.00000312. The number of aliphatic imine (C=N–C) groups is 1. The molecule has 0 amide bonds. The minimum Gasteiger partial charge on any atom is -0.493 e. The van der Waals surface area contributed by atoms with E-state index in [9.17, 15) is 0 Å². The topological polar surface area (TPSA) is 68.9 Å². The zero-order chi connectivity index (χ0) is 17.2. The Bertz CT molecular complexity index is 531. The predicted octanol–water partition coefficient (Wildman–Crippen LogP) is 4.09. The maximum atomic E-state index is 5.94. The van der Waals surface area contributed by atoms with E-state index >= 15 is 0 Å². The normalized spacial score (nSPS) is 14.9. The molecule has 0 unspecified atom stereocenters. The van der Waals surface area contributed by atoms with E-state index in [0.29, 0.717) is 18.3 Å². The van der Waals surface area contributed by atoms with Crippen LogP contribution in [-0.4, -0.2) is 26.7 Å². The Morgan fingerprint density at radius 2 is 1.88 bits per heavy atom. The summed E-state index contributed by atoms with van der Waals surface area (Å²) >= 11 is 0. The molecule has 1 saturated carbocycles. The van der Waals surface area contributed by atoms with Crippen LogP contribution in [0.1, 0.15) is 50.5 Å². The summed E-state index contributed by atoms with van der Waals surface area (Å²) in [6, 6.07) is 5.78. The van der Waals surface area contributed by atoms with Crippen molar-refractivity contribution in [2.24, 2.45) is 16.6 Å². The van der Waals surface area contributed by atoms with Crippen LogP contribution in [0.2, 0.25) is 0 Å². The fourth-order valence-corrected chi connectivity index (χ4v) is 3.28. The lowest BCUT2D eigenvalue weighted by Gasteiger charge is -2.10. The summed E-state index contributed by atoms with van der Waals surface area (Å²) < 4.78 is 10.5. The van der Waals surface area contributed by atoms with Crippen molar-refractivity contribution >= 4 is 29.9 Å². The van der Waals surface area contributed by atoms with Crippen LogP contribution < -0.4 is 20.5 Å². The first-order valence-electron chi connectivity index (χ1n) is 8.97. The first-order chi connectivity index (χ1) is 11.7. The lowest BCUT2D eigenvalue weighted by Crippen LogP contribution is -2.32. The van der Waals surface area contributed by atoms with Gasteiger partial charge < -0.3 is 20.5 Å². The highest BCUT2D eigenvalue weighted by Gasteiger charge is 2.13. The molecule has 1 aliphatic rings. The molecule has 1 aliphatic carbocycles. The quantitative estimate of drug-likeness (QED) is 0.252. The summed E-state index contributed by atoms with van der Waals surface area (Å²) in [4.78, 5) is 4.39. The summed E-state index contributed by atoms with van der Waals surface area (Å²) in [5.74, 6) is 2.91. The minimum atomic E-state index is 0. The van der Waals surface area contributed by atoms with Crippen molar-refractivity contribution in [3.8, 4) is 11.5 Å². The van der Waals surface area contributed by atoms with Crippen molar-refractivity contribution in [3.05, 3.63) is 23.8 Å². The zero-order valence-electron chi connectivity index (χ0n) is 15.4. The van der Waals surface area contributed by atoms with Gasteiger partial charge in [-0.3, -0.25) is 0 Å². The molecule has 0 bridgehead atoms. The van der Waals surface area contributed by atoms with Gasteiger partial charge in [0.2, 0.25) is 0 Å².